The minimum Gasteiger partial charge on any atom is -2.00 e. The molecule has 0 saturated carbocycles. The van der Waals surface area contributed by atoms with Gasteiger partial charge in [0, 0.05) is 0 Å². The van der Waals surface area contributed by atoms with E-state index in [2.05, 4.69) is 0 Å². The predicted molar refractivity (Wildman–Crippen MR) is 13.6 cm³/mol. The topological polar surface area (TPSA) is 85.5 Å². The smallest absolute Gasteiger partial charge is 2.00 e. The fourth-order valence-corrected chi connectivity index (χ4v) is 0. The average Bonchev–Trinajstić information content (AvgIpc) is 0. The van der Waals surface area contributed by atoms with Gasteiger partial charge < -0.3 is 16.4 Å². The first kappa shape index (κ1) is 105. The molecule has 0 spiro atoms. The Hall–Kier alpha value is 1.89. The molecule has 0 aliphatic rings. The minimum atomic E-state index is 0. The van der Waals surface area contributed by atoms with Crippen LogP contribution in [0.4, 0.5) is 0 Å². The van der Waals surface area contributed by atoms with Crippen molar-refractivity contribution in [2.45, 2.75) is 0 Å². The SMILES string of the molecule is [Al+3].[Mg+2].[O-2].[O-2].[O-2].[Ti+4]. The Morgan fingerprint density at radius 1 is 0.667 bits per heavy atom. The van der Waals surface area contributed by atoms with E-state index >= 15 is 0 Å². The molecule has 0 aliphatic carbocycles. The summed E-state index contributed by atoms with van der Waals surface area (Å²) in [5.74, 6) is 0. The summed E-state index contributed by atoms with van der Waals surface area (Å²) in [4.78, 5) is 0. The van der Waals surface area contributed by atoms with E-state index in [0.717, 1.165) is 0 Å². The van der Waals surface area contributed by atoms with Crippen LogP contribution < -0.4 is 0 Å². The van der Waals surface area contributed by atoms with Crippen molar-refractivity contribution in [2.75, 3.05) is 0 Å². The molecule has 0 aromatic heterocycles. The Morgan fingerprint density at radius 3 is 0.667 bits per heavy atom. The molecule has 0 heterocycles. The van der Waals surface area contributed by atoms with Gasteiger partial charge in [0.2, 0.25) is 0 Å². The van der Waals surface area contributed by atoms with E-state index in [1.165, 1.54) is 0 Å². The first-order valence-electron chi connectivity index (χ1n) is 0. The van der Waals surface area contributed by atoms with Crippen molar-refractivity contribution in [3.8, 4) is 0 Å². The van der Waals surface area contributed by atoms with E-state index in [1.54, 1.807) is 0 Å². The Balaban J connectivity index is 0. The van der Waals surface area contributed by atoms with Gasteiger partial charge in [0.25, 0.3) is 0 Å². The predicted octanol–water partition coefficient (Wildman–Crippen LogP) is -1.12. The zero-order valence-corrected chi connectivity index (χ0v) is 7.14. The molecule has 0 radical (unpaired) electrons. The minimum absolute atomic E-state index is 0. The van der Waals surface area contributed by atoms with Gasteiger partial charge >= 0.3 is 62.1 Å². The molecule has 0 aliphatic heterocycles. The third-order valence-electron chi connectivity index (χ3n) is 0. The molecule has 0 unspecified atom stereocenters. The second-order valence-electron chi connectivity index (χ2n) is 0. The fraction of sp³-hybridized carbons (Fsp3) is 0. The summed E-state index contributed by atoms with van der Waals surface area (Å²) in [6.07, 6.45) is 0. The van der Waals surface area contributed by atoms with E-state index in [1.807, 2.05) is 0 Å². The molecule has 0 N–H and O–H groups in total. The molecule has 0 aromatic carbocycles. The van der Waals surface area contributed by atoms with Crippen LogP contribution in [0.2, 0.25) is 0 Å². The zero-order valence-electron chi connectivity index (χ0n) is 3.01. The van der Waals surface area contributed by atoms with E-state index in [4.69, 9.17) is 0 Å². The number of rotatable bonds is 0. The molecular weight excluding hydrogens is 147 g/mol. The Kier molecular flexibility index (Phi) is 1170. The van der Waals surface area contributed by atoms with Crippen LogP contribution in [0.25, 0.3) is 0 Å². The molecule has 24 valence electrons. The molecule has 0 rings (SSSR count). The van der Waals surface area contributed by atoms with Crippen LogP contribution in [0.15, 0.2) is 0 Å². The van der Waals surface area contributed by atoms with Gasteiger partial charge in [-0.25, -0.2) is 0 Å². The summed E-state index contributed by atoms with van der Waals surface area (Å²) in [5, 5.41) is 0. The third kappa shape index (κ3) is 39.4. The summed E-state index contributed by atoms with van der Waals surface area (Å²) in [5.41, 5.74) is 0. The fourth-order valence-electron chi connectivity index (χ4n) is 0. The second-order valence-corrected chi connectivity index (χ2v) is 0. The van der Waals surface area contributed by atoms with Crippen LogP contribution in [-0.4, -0.2) is 40.4 Å². The maximum absolute atomic E-state index is 0. The Bertz CT molecular complexity index is 10.8. The van der Waals surface area contributed by atoms with Crippen LogP contribution in [0, 0.1) is 0 Å². The van der Waals surface area contributed by atoms with Crippen LogP contribution in [-0.2, 0) is 38.1 Å². The largest absolute Gasteiger partial charge is 4.00 e. The maximum Gasteiger partial charge on any atom is 4.00 e. The van der Waals surface area contributed by atoms with Crippen molar-refractivity contribution in [2.24, 2.45) is 0 Å². The molecular formula is AlMgO3Ti+3. The summed E-state index contributed by atoms with van der Waals surface area (Å²) < 4.78 is 0. The summed E-state index contributed by atoms with van der Waals surface area (Å²) in [6, 6.07) is 0. The first-order chi connectivity index (χ1) is 0. The maximum atomic E-state index is 0. The Morgan fingerprint density at radius 2 is 0.667 bits per heavy atom. The molecule has 0 aromatic rings. The zero-order chi connectivity index (χ0) is 0. The van der Waals surface area contributed by atoms with Crippen LogP contribution in [0.3, 0.4) is 0 Å². The average molecular weight is 147 g/mol. The molecule has 0 bridgehead atoms. The second kappa shape index (κ2) is 66.8. The quantitative estimate of drug-likeness (QED) is 0.389. The van der Waals surface area contributed by atoms with Gasteiger partial charge in [-0.3, -0.25) is 0 Å². The molecule has 0 saturated heterocycles. The molecule has 0 fully saturated rings. The van der Waals surface area contributed by atoms with E-state index in [0.29, 0.717) is 0 Å². The van der Waals surface area contributed by atoms with Crippen LogP contribution in [0.1, 0.15) is 0 Å². The van der Waals surface area contributed by atoms with Crippen molar-refractivity contribution in [3.05, 3.63) is 0 Å². The standard InChI is InChI=1S/Al.Mg.3O.Ti/q+3;+2;3*-2;+4. The normalized spacial score (nSPS) is 0. The molecule has 6 heavy (non-hydrogen) atoms. The van der Waals surface area contributed by atoms with E-state index < -0.39 is 0 Å². The monoisotopic (exact) mass is 147 g/mol. The third-order valence-corrected chi connectivity index (χ3v) is 0. The summed E-state index contributed by atoms with van der Waals surface area (Å²) in [7, 11) is 0. The van der Waals surface area contributed by atoms with Gasteiger partial charge in [0.05, 0.1) is 0 Å². The van der Waals surface area contributed by atoms with Crippen molar-refractivity contribution in [1.82, 2.24) is 0 Å². The molecule has 6 heteroatoms. The van der Waals surface area contributed by atoms with Gasteiger partial charge in [-0.2, -0.15) is 0 Å². The van der Waals surface area contributed by atoms with Crippen molar-refractivity contribution >= 4 is 40.4 Å². The van der Waals surface area contributed by atoms with Crippen molar-refractivity contribution < 1.29 is 38.1 Å². The molecule has 0 atom stereocenters. The van der Waals surface area contributed by atoms with Crippen molar-refractivity contribution in [3.63, 3.8) is 0 Å². The first-order valence-corrected chi connectivity index (χ1v) is 0. The van der Waals surface area contributed by atoms with Gasteiger partial charge in [0.15, 0.2) is 0 Å². The molecule has 3 nitrogen and oxygen atoms in total. The number of hydrogen-bond acceptors (Lipinski definition) is 0. The molecule has 0 amide bonds. The number of hydrogen-bond donors (Lipinski definition) is 0. The summed E-state index contributed by atoms with van der Waals surface area (Å²) >= 11 is 0. The van der Waals surface area contributed by atoms with Crippen LogP contribution >= 0.6 is 0 Å². The Labute approximate surface area is 78.0 Å². The van der Waals surface area contributed by atoms with Gasteiger partial charge in [0.1, 0.15) is 0 Å². The van der Waals surface area contributed by atoms with Crippen molar-refractivity contribution in [1.29, 1.82) is 0 Å². The summed E-state index contributed by atoms with van der Waals surface area (Å²) in [6.45, 7) is 0. The van der Waals surface area contributed by atoms with E-state index in [9.17, 15) is 0 Å². The van der Waals surface area contributed by atoms with Crippen LogP contribution in [0.5, 0.6) is 0 Å². The van der Waals surface area contributed by atoms with Gasteiger partial charge in [-0.1, -0.05) is 0 Å². The van der Waals surface area contributed by atoms with Gasteiger partial charge in [-0.05, 0) is 0 Å². The van der Waals surface area contributed by atoms with Gasteiger partial charge in [-0.15, -0.1) is 0 Å². The van der Waals surface area contributed by atoms with E-state index in [-0.39, 0.29) is 78.6 Å².